The van der Waals surface area contributed by atoms with Crippen LogP contribution in [0.3, 0.4) is 0 Å². The van der Waals surface area contributed by atoms with E-state index in [1.165, 1.54) is 0 Å². The Morgan fingerprint density at radius 2 is 1.45 bits per heavy atom. The molecule has 1 heterocycles. The van der Waals surface area contributed by atoms with Crippen molar-refractivity contribution in [1.29, 1.82) is 0 Å². The van der Waals surface area contributed by atoms with Gasteiger partial charge in [0.05, 0.1) is 5.56 Å². The van der Waals surface area contributed by atoms with E-state index in [-0.39, 0.29) is 6.07 Å². The fraction of sp³-hybridized carbons (Fsp3) is 0.444. The molecule has 0 aliphatic heterocycles. The summed E-state index contributed by atoms with van der Waals surface area (Å²) in [6.45, 7) is 0. The van der Waals surface area contributed by atoms with Crippen LogP contribution in [0, 0.1) is 0 Å². The van der Waals surface area contributed by atoms with Crippen molar-refractivity contribution in [1.82, 2.24) is 4.98 Å². The number of anilines is 1. The molecule has 0 aromatic carbocycles. The summed E-state index contributed by atoms with van der Waals surface area (Å²) in [5, 5.41) is -5.89. The van der Waals surface area contributed by atoms with E-state index >= 15 is 0 Å². The molecule has 1 aromatic heterocycles. The minimum Gasteiger partial charge on any atom is -0.383 e. The molecular formula is C9H5ClF8N2. The first-order valence-electron chi connectivity index (χ1n) is 4.68. The molecule has 0 saturated carbocycles. The number of alkyl halides is 9. The first kappa shape index (κ1) is 16.7. The summed E-state index contributed by atoms with van der Waals surface area (Å²) in [4.78, 5) is 3.00. The second kappa shape index (κ2) is 4.61. The maximum Gasteiger partial charge on any atom is 0.393 e. The normalized spacial score (nSPS) is 14.4. The number of nitrogen functional groups attached to an aromatic ring is 1. The fourth-order valence-corrected chi connectivity index (χ4v) is 1.35. The summed E-state index contributed by atoms with van der Waals surface area (Å²) in [6, 6.07) is 0.964. The molecule has 0 fully saturated rings. The number of hydrogen-bond acceptors (Lipinski definition) is 2. The Hall–Kier alpha value is -1.32. The standard InChI is InChI=1S/C9H5ClF8N2/c10-9(17,18)8(15,16)7(13,14)6(11,12)4-2-1-3-20-5(4)19/h1-3H,(H2,19,20). The average Bonchev–Trinajstić information content (AvgIpc) is 2.27. The molecule has 2 N–H and O–H groups in total. The summed E-state index contributed by atoms with van der Waals surface area (Å²) in [6.07, 6.45) is 0.821. The van der Waals surface area contributed by atoms with E-state index in [4.69, 9.17) is 5.73 Å². The van der Waals surface area contributed by atoms with Gasteiger partial charge in [-0.05, 0) is 23.7 Å². The third kappa shape index (κ3) is 2.25. The van der Waals surface area contributed by atoms with Gasteiger partial charge in [0.1, 0.15) is 5.82 Å². The first-order valence-corrected chi connectivity index (χ1v) is 5.05. The Bertz CT molecular complexity index is 499. The van der Waals surface area contributed by atoms with Crippen LogP contribution in [0.4, 0.5) is 40.9 Å². The van der Waals surface area contributed by atoms with E-state index < -0.39 is 34.5 Å². The molecule has 0 bridgehead atoms. The van der Waals surface area contributed by atoms with Gasteiger partial charge in [-0.25, -0.2) is 4.98 Å². The number of pyridine rings is 1. The highest BCUT2D eigenvalue weighted by Crippen LogP contribution is 2.57. The van der Waals surface area contributed by atoms with Crippen molar-refractivity contribution in [2.45, 2.75) is 23.1 Å². The lowest BCUT2D eigenvalue weighted by Crippen LogP contribution is -2.59. The quantitative estimate of drug-likeness (QED) is 0.673. The lowest BCUT2D eigenvalue weighted by molar-refractivity contribution is -0.352. The number of halogens is 9. The average molecular weight is 329 g/mol. The molecule has 0 aliphatic carbocycles. The lowest BCUT2D eigenvalue weighted by Gasteiger charge is -2.34. The second-order valence-electron chi connectivity index (χ2n) is 3.66. The van der Waals surface area contributed by atoms with Gasteiger partial charge in [-0.2, -0.15) is 35.1 Å². The number of hydrogen-bond donors (Lipinski definition) is 1. The van der Waals surface area contributed by atoms with Crippen molar-refractivity contribution < 1.29 is 35.1 Å². The van der Waals surface area contributed by atoms with Crippen LogP contribution in [-0.2, 0) is 5.92 Å². The van der Waals surface area contributed by atoms with Gasteiger partial charge in [-0.1, -0.05) is 0 Å². The van der Waals surface area contributed by atoms with E-state index in [2.05, 4.69) is 16.6 Å². The van der Waals surface area contributed by atoms with Crippen molar-refractivity contribution in [3.63, 3.8) is 0 Å². The Morgan fingerprint density at radius 3 is 1.85 bits per heavy atom. The van der Waals surface area contributed by atoms with Crippen molar-refractivity contribution in [3.05, 3.63) is 23.9 Å². The summed E-state index contributed by atoms with van der Waals surface area (Å²) >= 11 is 3.80. The van der Waals surface area contributed by atoms with Gasteiger partial charge in [0.25, 0.3) is 0 Å². The van der Waals surface area contributed by atoms with Crippen LogP contribution in [0.2, 0.25) is 0 Å². The van der Waals surface area contributed by atoms with Crippen LogP contribution in [0.5, 0.6) is 0 Å². The van der Waals surface area contributed by atoms with E-state index in [0.717, 1.165) is 6.20 Å². The molecule has 2 nitrogen and oxygen atoms in total. The van der Waals surface area contributed by atoms with E-state index in [9.17, 15) is 35.1 Å². The molecular weight excluding hydrogens is 324 g/mol. The minimum absolute atomic E-state index is 0.263. The van der Waals surface area contributed by atoms with Crippen LogP contribution in [0.25, 0.3) is 0 Å². The Balaban J connectivity index is 3.44. The van der Waals surface area contributed by atoms with E-state index in [0.29, 0.717) is 6.07 Å². The summed E-state index contributed by atoms with van der Waals surface area (Å²) in [7, 11) is 0. The fourth-order valence-electron chi connectivity index (χ4n) is 1.23. The minimum atomic E-state index is -6.52. The van der Waals surface area contributed by atoms with Gasteiger partial charge in [0.2, 0.25) is 0 Å². The third-order valence-corrected chi connectivity index (χ3v) is 2.56. The van der Waals surface area contributed by atoms with Crippen LogP contribution in [0.15, 0.2) is 18.3 Å². The number of nitrogens with zero attached hydrogens (tertiary/aromatic N) is 1. The molecule has 0 aliphatic rings. The van der Waals surface area contributed by atoms with Crippen LogP contribution in [0.1, 0.15) is 5.56 Å². The van der Waals surface area contributed by atoms with Crippen LogP contribution >= 0.6 is 11.6 Å². The van der Waals surface area contributed by atoms with Crippen LogP contribution in [-0.4, -0.2) is 22.2 Å². The molecule has 20 heavy (non-hydrogen) atoms. The van der Waals surface area contributed by atoms with E-state index in [1.54, 1.807) is 0 Å². The molecule has 114 valence electrons. The molecule has 0 atom stereocenters. The van der Waals surface area contributed by atoms with Gasteiger partial charge in [0, 0.05) is 6.20 Å². The smallest absolute Gasteiger partial charge is 0.383 e. The zero-order chi connectivity index (χ0) is 16.0. The molecule has 0 amide bonds. The summed E-state index contributed by atoms with van der Waals surface area (Å²) in [5.41, 5.74) is 3.05. The van der Waals surface area contributed by atoms with E-state index in [1.807, 2.05) is 0 Å². The number of nitrogens with two attached hydrogens (primary N) is 1. The lowest BCUT2D eigenvalue weighted by atomic mass is 9.97. The second-order valence-corrected chi connectivity index (χ2v) is 4.13. The molecule has 0 radical (unpaired) electrons. The highest BCUT2D eigenvalue weighted by atomic mass is 35.5. The molecule has 0 spiro atoms. The Labute approximate surface area is 111 Å². The highest BCUT2D eigenvalue weighted by molar-refractivity contribution is 6.22. The third-order valence-electron chi connectivity index (χ3n) is 2.32. The predicted molar refractivity (Wildman–Crippen MR) is 53.2 cm³/mol. The summed E-state index contributed by atoms with van der Waals surface area (Å²) in [5.74, 6) is -19.9. The highest BCUT2D eigenvalue weighted by Gasteiger charge is 2.81. The number of rotatable bonds is 4. The van der Waals surface area contributed by atoms with Gasteiger partial charge in [-0.15, -0.1) is 0 Å². The summed E-state index contributed by atoms with van der Waals surface area (Å²) < 4.78 is 104. The molecule has 11 heteroatoms. The SMILES string of the molecule is Nc1ncccc1C(F)(F)C(F)(F)C(F)(F)C(F)(F)Cl. The van der Waals surface area contributed by atoms with Gasteiger partial charge in [-0.3, -0.25) is 0 Å². The zero-order valence-corrected chi connectivity index (χ0v) is 9.91. The maximum absolute atomic E-state index is 13.5. The monoisotopic (exact) mass is 328 g/mol. The van der Waals surface area contributed by atoms with Crippen molar-refractivity contribution in [3.8, 4) is 0 Å². The maximum atomic E-state index is 13.5. The topological polar surface area (TPSA) is 38.9 Å². The molecule has 0 unspecified atom stereocenters. The van der Waals surface area contributed by atoms with Crippen molar-refractivity contribution in [2.75, 3.05) is 5.73 Å². The molecule has 0 saturated heterocycles. The van der Waals surface area contributed by atoms with Gasteiger partial charge in [0.15, 0.2) is 0 Å². The molecule has 1 rings (SSSR count). The predicted octanol–water partition coefficient (Wildman–Crippen LogP) is 3.86. The Morgan fingerprint density at radius 1 is 0.950 bits per heavy atom. The van der Waals surface area contributed by atoms with Gasteiger partial charge >= 0.3 is 23.1 Å². The van der Waals surface area contributed by atoms with Crippen molar-refractivity contribution in [2.24, 2.45) is 0 Å². The van der Waals surface area contributed by atoms with Gasteiger partial charge < -0.3 is 5.73 Å². The molecule has 1 aromatic rings. The number of aromatic nitrogens is 1. The van der Waals surface area contributed by atoms with Crippen LogP contribution < -0.4 is 5.73 Å². The van der Waals surface area contributed by atoms with Crippen molar-refractivity contribution >= 4 is 17.4 Å². The largest absolute Gasteiger partial charge is 0.393 e. The first-order chi connectivity index (χ1) is 8.77. The Kier molecular flexibility index (Phi) is 3.85. The zero-order valence-electron chi connectivity index (χ0n) is 9.16.